The molecule has 0 bridgehead atoms. The molecule has 2 amide bonds. The third-order valence-corrected chi connectivity index (χ3v) is 6.53. The number of amides is 2. The van der Waals surface area contributed by atoms with E-state index in [1.54, 1.807) is 0 Å². The monoisotopic (exact) mass is 361 g/mol. The van der Waals surface area contributed by atoms with Gasteiger partial charge in [-0.3, -0.25) is 19.8 Å². The number of hydrogen-bond donors (Lipinski definition) is 1. The molecule has 5 nitrogen and oxygen atoms in total. The first kappa shape index (κ1) is 16.9. The van der Waals surface area contributed by atoms with Crippen LogP contribution in [0, 0.1) is 12.3 Å². The summed E-state index contributed by atoms with van der Waals surface area (Å²) in [6.07, 6.45) is 3.33. The Kier molecular flexibility index (Phi) is 4.24. The van der Waals surface area contributed by atoms with Gasteiger partial charge in [-0.15, -0.1) is 0 Å². The summed E-state index contributed by atoms with van der Waals surface area (Å²) in [5.74, 6) is -0.176. The molecule has 1 N–H and O–H groups in total. The van der Waals surface area contributed by atoms with Crippen molar-refractivity contribution >= 4 is 29.1 Å². The predicted octanol–water partition coefficient (Wildman–Crippen LogP) is 2.36. The molecule has 1 atom stereocenters. The molecule has 3 aliphatic heterocycles. The van der Waals surface area contributed by atoms with Gasteiger partial charge in [0.2, 0.25) is 11.8 Å². The SMILES string of the molecule is Cc1ccc(N2CCC(N3CC[C@]4(CC(=O)NC4=O)C3)CC2)cc1Cl. The van der Waals surface area contributed by atoms with Crippen LogP contribution in [0.5, 0.6) is 0 Å². The third-order valence-electron chi connectivity index (χ3n) is 6.12. The Labute approximate surface area is 153 Å². The van der Waals surface area contributed by atoms with Gasteiger partial charge in [0.25, 0.3) is 0 Å². The number of halogens is 1. The Morgan fingerprint density at radius 1 is 1.20 bits per heavy atom. The van der Waals surface area contributed by atoms with E-state index in [2.05, 4.69) is 33.3 Å². The van der Waals surface area contributed by atoms with Crippen LogP contribution in [0.2, 0.25) is 5.02 Å². The van der Waals surface area contributed by atoms with Crippen molar-refractivity contribution < 1.29 is 9.59 Å². The molecule has 0 saturated carbocycles. The summed E-state index contributed by atoms with van der Waals surface area (Å²) in [5.41, 5.74) is 1.83. The van der Waals surface area contributed by atoms with E-state index in [-0.39, 0.29) is 11.8 Å². The summed E-state index contributed by atoms with van der Waals surface area (Å²) in [6.45, 7) is 5.66. The van der Waals surface area contributed by atoms with E-state index in [0.29, 0.717) is 12.5 Å². The maximum Gasteiger partial charge on any atom is 0.234 e. The lowest BCUT2D eigenvalue weighted by Crippen LogP contribution is -2.45. The highest BCUT2D eigenvalue weighted by molar-refractivity contribution is 6.31. The van der Waals surface area contributed by atoms with E-state index in [1.165, 1.54) is 5.69 Å². The Hall–Kier alpha value is -1.59. The summed E-state index contributed by atoms with van der Waals surface area (Å²) in [5, 5.41) is 3.30. The molecule has 1 spiro atoms. The molecular formula is C19H24ClN3O2. The summed E-state index contributed by atoms with van der Waals surface area (Å²) in [4.78, 5) is 28.6. The van der Waals surface area contributed by atoms with E-state index < -0.39 is 5.41 Å². The van der Waals surface area contributed by atoms with Crippen molar-refractivity contribution in [2.45, 2.75) is 38.6 Å². The molecule has 0 aromatic heterocycles. The lowest BCUT2D eigenvalue weighted by Gasteiger charge is -2.38. The molecule has 3 heterocycles. The molecule has 0 radical (unpaired) electrons. The van der Waals surface area contributed by atoms with Crippen molar-refractivity contribution in [1.29, 1.82) is 0 Å². The second kappa shape index (κ2) is 6.29. The van der Waals surface area contributed by atoms with Gasteiger partial charge in [-0.05, 0) is 50.4 Å². The quantitative estimate of drug-likeness (QED) is 0.822. The fourth-order valence-electron chi connectivity index (χ4n) is 4.50. The first-order valence-electron chi connectivity index (χ1n) is 9.06. The minimum absolute atomic E-state index is 0.0632. The lowest BCUT2D eigenvalue weighted by molar-refractivity contribution is -0.128. The molecule has 4 rings (SSSR count). The number of nitrogens with one attached hydrogen (secondary N) is 1. The summed E-state index contributed by atoms with van der Waals surface area (Å²) >= 11 is 6.26. The van der Waals surface area contributed by atoms with Crippen molar-refractivity contribution in [1.82, 2.24) is 10.2 Å². The van der Waals surface area contributed by atoms with Crippen LogP contribution in [0.3, 0.4) is 0 Å². The highest BCUT2D eigenvalue weighted by Crippen LogP contribution is 2.39. The standard InChI is InChI=1S/C19H24ClN3O2/c1-13-2-3-15(10-16(13)20)22-7-4-14(5-8-22)23-9-6-19(12-23)11-17(24)21-18(19)25/h2-3,10,14H,4-9,11-12H2,1H3,(H,21,24,25)/t19-/m0/s1. The van der Waals surface area contributed by atoms with Crippen LogP contribution in [0.15, 0.2) is 18.2 Å². The largest absolute Gasteiger partial charge is 0.371 e. The first-order valence-corrected chi connectivity index (χ1v) is 9.44. The van der Waals surface area contributed by atoms with E-state index in [4.69, 9.17) is 11.6 Å². The second-order valence-corrected chi connectivity index (χ2v) is 8.11. The molecule has 1 aromatic rings. The Balaban J connectivity index is 1.37. The van der Waals surface area contributed by atoms with E-state index in [1.807, 2.05) is 6.92 Å². The number of carbonyl (C=O) groups is 2. The number of aryl methyl sites for hydroxylation is 1. The molecule has 0 unspecified atom stereocenters. The molecule has 3 saturated heterocycles. The van der Waals surface area contributed by atoms with Crippen LogP contribution in [0.25, 0.3) is 0 Å². The average Bonchev–Trinajstić information content (AvgIpc) is 3.14. The molecule has 1 aromatic carbocycles. The van der Waals surface area contributed by atoms with Gasteiger partial charge < -0.3 is 4.90 Å². The molecule has 0 aliphatic carbocycles. The highest BCUT2D eigenvalue weighted by Gasteiger charge is 2.51. The number of carbonyl (C=O) groups excluding carboxylic acids is 2. The van der Waals surface area contributed by atoms with Gasteiger partial charge in [-0.1, -0.05) is 17.7 Å². The minimum atomic E-state index is -0.460. The van der Waals surface area contributed by atoms with Crippen LogP contribution < -0.4 is 10.2 Å². The zero-order valence-corrected chi connectivity index (χ0v) is 15.3. The summed E-state index contributed by atoms with van der Waals surface area (Å²) in [6, 6.07) is 6.77. The highest BCUT2D eigenvalue weighted by atomic mass is 35.5. The zero-order chi connectivity index (χ0) is 17.6. The van der Waals surface area contributed by atoms with Crippen LogP contribution in [-0.4, -0.2) is 48.9 Å². The molecule has 3 aliphatic rings. The molecule has 25 heavy (non-hydrogen) atoms. The first-order chi connectivity index (χ1) is 12.0. The number of hydrogen-bond acceptors (Lipinski definition) is 4. The van der Waals surface area contributed by atoms with Crippen LogP contribution in [0.4, 0.5) is 5.69 Å². The zero-order valence-electron chi connectivity index (χ0n) is 14.6. The van der Waals surface area contributed by atoms with Crippen molar-refractivity contribution in [3.8, 4) is 0 Å². The smallest absolute Gasteiger partial charge is 0.234 e. The Morgan fingerprint density at radius 2 is 1.96 bits per heavy atom. The maximum atomic E-state index is 12.2. The van der Waals surface area contributed by atoms with Crippen molar-refractivity contribution in [3.05, 3.63) is 28.8 Å². The average molecular weight is 362 g/mol. The van der Waals surface area contributed by atoms with E-state index in [9.17, 15) is 9.59 Å². The second-order valence-electron chi connectivity index (χ2n) is 7.71. The van der Waals surface area contributed by atoms with E-state index in [0.717, 1.165) is 56.0 Å². The fraction of sp³-hybridized carbons (Fsp3) is 0.579. The number of nitrogens with zero attached hydrogens (tertiary/aromatic N) is 2. The maximum absolute atomic E-state index is 12.2. The number of piperidine rings is 1. The van der Waals surface area contributed by atoms with Gasteiger partial charge in [0, 0.05) is 42.8 Å². The van der Waals surface area contributed by atoms with E-state index >= 15 is 0 Å². The number of anilines is 1. The topological polar surface area (TPSA) is 52.6 Å². The number of benzene rings is 1. The summed E-state index contributed by atoms with van der Waals surface area (Å²) < 4.78 is 0. The third kappa shape index (κ3) is 3.04. The fourth-order valence-corrected chi connectivity index (χ4v) is 4.68. The Morgan fingerprint density at radius 3 is 2.60 bits per heavy atom. The van der Waals surface area contributed by atoms with Gasteiger partial charge in [0.05, 0.1) is 5.41 Å². The van der Waals surface area contributed by atoms with Gasteiger partial charge in [-0.2, -0.15) is 0 Å². The Bertz CT molecular complexity index is 715. The normalized spacial score (nSPS) is 28.2. The number of rotatable bonds is 2. The molecule has 6 heteroatoms. The number of imide groups is 1. The van der Waals surface area contributed by atoms with Crippen molar-refractivity contribution in [2.75, 3.05) is 31.1 Å². The predicted molar refractivity (Wildman–Crippen MR) is 97.8 cm³/mol. The van der Waals surface area contributed by atoms with Gasteiger partial charge >= 0.3 is 0 Å². The minimum Gasteiger partial charge on any atom is -0.371 e. The number of likely N-dealkylation sites (tertiary alicyclic amines) is 1. The van der Waals surface area contributed by atoms with Crippen LogP contribution in [-0.2, 0) is 9.59 Å². The van der Waals surface area contributed by atoms with Crippen LogP contribution in [0.1, 0.15) is 31.2 Å². The lowest BCUT2D eigenvalue weighted by atomic mass is 9.85. The molecule has 134 valence electrons. The van der Waals surface area contributed by atoms with Crippen LogP contribution >= 0.6 is 11.6 Å². The van der Waals surface area contributed by atoms with Gasteiger partial charge in [0.15, 0.2) is 0 Å². The molecular weight excluding hydrogens is 338 g/mol. The van der Waals surface area contributed by atoms with Crippen molar-refractivity contribution in [2.24, 2.45) is 5.41 Å². The van der Waals surface area contributed by atoms with Gasteiger partial charge in [-0.25, -0.2) is 0 Å². The summed E-state index contributed by atoms with van der Waals surface area (Å²) in [7, 11) is 0. The van der Waals surface area contributed by atoms with Gasteiger partial charge in [0.1, 0.15) is 0 Å². The molecule has 3 fully saturated rings. The van der Waals surface area contributed by atoms with Crippen molar-refractivity contribution in [3.63, 3.8) is 0 Å².